The van der Waals surface area contributed by atoms with Gasteiger partial charge in [0.05, 0.1) is 24.0 Å². The van der Waals surface area contributed by atoms with E-state index in [0.29, 0.717) is 17.4 Å². The minimum absolute atomic E-state index is 0.0315. The lowest BCUT2D eigenvalue weighted by Gasteiger charge is -2.35. The average Bonchev–Trinajstić information content (AvgIpc) is 2.96. The van der Waals surface area contributed by atoms with Crippen molar-refractivity contribution >= 4 is 51.5 Å². The molecular weight excluding hydrogens is 592 g/mol. The molecule has 1 saturated carbocycles. The number of hydrogen-bond donors (Lipinski definition) is 2. The molecule has 3 aromatic rings. The largest absolute Gasteiger partial charge is 0.494 e. The average molecular weight is 629 g/mol. The molecule has 4 rings (SSSR count). The highest BCUT2D eigenvalue weighted by molar-refractivity contribution is 7.92. The van der Waals surface area contributed by atoms with Crippen LogP contribution in [-0.2, 0) is 14.8 Å². The van der Waals surface area contributed by atoms with Crippen LogP contribution in [0.1, 0.15) is 57.7 Å². The van der Waals surface area contributed by atoms with Gasteiger partial charge in [-0.05, 0) is 70.7 Å². The lowest BCUT2D eigenvalue weighted by molar-refractivity contribution is 0.0185. The Balaban J connectivity index is 1.32. The number of ether oxygens (including phenoxy) is 2. The summed E-state index contributed by atoms with van der Waals surface area (Å²) < 4.78 is 38.9. The van der Waals surface area contributed by atoms with Gasteiger partial charge in [0.15, 0.2) is 0 Å². The minimum Gasteiger partial charge on any atom is -0.494 e. The number of benzene rings is 1. The maximum absolute atomic E-state index is 12.8. The van der Waals surface area contributed by atoms with Crippen LogP contribution in [0, 0.1) is 0 Å². The van der Waals surface area contributed by atoms with Gasteiger partial charge in [0.25, 0.3) is 10.0 Å². The van der Waals surface area contributed by atoms with Crippen LogP contribution in [0.3, 0.4) is 0 Å². The molecule has 0 bridgehead atoms. The lowest BCUT2D eigenvalue weighted by atomic mass is 9.90. The highest BCUT2D eigenvalue weighted by Gasteiger charge is 2.29. The Kier molecular flexibility index (Phi) is 10.1. The van der Waals surface area contributed by atoms with Crippen molar-refractivity contribution in [2.45, 2.75) is 69.0 Å². The molecule has 2 aromatic heterocycles. The fourth-order valence-electron chi connectivity index (χ4n) is 4.62. The maximum Gasteiger partial charge on any atom is 0.410 e. The molecule has 1 amide bonds. The van der Waals surface area contributed by atoms with Crippen LogP contribution in [0.15, 0.2) is 53.8 Å². The second-order valence-corrected chi connectivity index (χ2v) is 13.3. The molecule has 0 spiro atoms. The predicted molar refractivity (Wildman–Crippen MR) is 168 cm³/mol. The summed E-state index contributed by atoms with van der Waals surface area (Å²) in [5, 5.41) is 3.51. The van der Waals surface area contributed by atoms with E-state index in [1.807, 2.05) is 20.8 Å². The molecule has 0 saturated heterocycles. The van der Waals surface area contributed by atoms with Gasteiger partial charge >= 0.3 is 6.09 Å². The first-order valence-corrected chi connectivity index (χ1v) is 15.7. The van der Waals surface area contributed by atoms with Crippen molar-refractivity contribution in [2.24, 2.45) is 0 Å². The topological polar surface area (TPSA) is 136 Å². The van der Waals surface area contributed by atoms with Gasteiger partial charge in [-0.3, -0.25) is 9.71 Å². The Labute approximate surface area is 257 Å². The first-order valence-electron chi connectivity index (χ1n) is 13.9. The molecule has 1 aliphatic rings. The molecule has 2 heterocycles. The number of hydrogen-bond acceptors (Lipinski definition) is 9. The van der Waals surface area contributed by atoms with Crippen LogP contribution in [0.4, 0.5) is 16.4 Å². The number of sulfonamides is 1. The van der Waals surface area contributed by atoms with Crippen molar-refractivity contribution in [3.63, 3.8) is 0 Å². The third-order valence-corrected chi connectivity index (χ3v) is 8.73. The van der Waals surface area contributed by atoms with Gasteiger partial charge in [-0.15, -0.1) is 0 Å². The standard InChI is InChI=1S/C30H37ClN6O5S/c1-30(2,3)42-29(38)37(4)23-13-11-21(12-14-23)35-28-33-17-20(18-34-28)10-15-25-26(41-5)16-22(19-32-25)36-43(39,40)27-9-7-6-8-24(27)31/h6-10,15-19,21,23,36H,11-14H2,1-5H3,(H,33,34,35)/b15-10-/t21-,23-. The number of carbonyl (C=O) groups excluding carboxylic acids is 1. The van der Waals surface area contributed by atoms with E-state index in [4.69, 9.17) is 21.1 Å². The molecule has 11 nitrogen and oxygen atoms in total. The number of methoxy groups -OCH3 is 1. The Bertz CT molecular complexity index is 1550. The van der Waals surface area contributed by atoms with Crippen molar-refractivity contribution in [1.82, 2.24) is 19.9 Å². The Hall–Kier alpha value is -3.90. The molecule has 230 valence electrons. The molecule has 1 aliphatic carbocycles. The third kappa shape index (κ3) is 8.80. The van der Waals surface area contributed by atoms with Gasteiger partial charge < -0.3 is 19.7 Å². The predicted octanol–water partition coefficient (Wildman–Crippen LogP) is 6.09. The number of pyridine rings is 1. The Morgan fingerprint density at radius 1 is 1.05 bits per heavy atom. The first-order chi connectivity index (χ1) is 20.3. The van der Waals surface area contributed by atoms with Crippen LogP contribution < -0.4 is 14.8 Å². The van der Waals surface area contributed by atoms with Crippen molar-refractivity contribution in [3.05, 3.63) is 65.2 Å². The van der Waals surface area contributed by atoms with Crippen LogP contribution in [0.5, 0.6) is 5.75 Å². The summed E-state index contributed by atoms with van der Waals surface area (Å²) in [5.41, 5.74) is 0.967. The second-order valence-electron chi connectivity index (χ2n) is 11.3. The quantitative estimate of drug-likeness (QED) is 0.288. The number of rotatable bonds is 9. The molecule has 1 aromatic carbocycles. The van der Waals surface area contributed by atoms with E-state index in [2.05, 4.69) is 25.0 Å². The van der Waals surface area contributed by atoms with Crippen LogP contribution in [0.2, 0.25) is 5.02 Å². The van der Waals surface area contributed by atoms with Gasteiger partial charge in [-0.2, -0.15) is 0 Å². The lowest BCUT2D eigenvalue weighted by Crippen LogP contribution is -2.43. The Morgan fingerprint density at radius 3 is 2.35 bits per heavy atom. The molecular formula is C30H37ClN6O5S. The van der Waals surface area contributed by atoms with Gasteiger partial charge in [0, 0.05) is 43.2 Å². The summed E-state index contributed by atoms with van der Waals surface area (Å²) in [5.74, 6) is 0.912. The van der Waals surface area contributed by atoms with Crippen molar-refractivity contribution in [3.8, 4) is 5.75 Å². The zero-order chi connectivity index (χ0) is 31.2. The Morgan fingerprint density at radius 2 is 1.72 bits per heavy atom. The molecule has 0 atom stereocenters. The number of anilines is 2. The SMILES string of the molecule is COc1cc(NS(=O)(=O)c2ccccc2Cl)cnc1/C=C\c1cnc(N[C@H]2CC[C@H](N(C)C(=O)OC(C)(C)C)CC2)nc1. The number of nitrogens with zero attached hydrogens (tertiary/aromatic N) is 4. The van der Waals surface area contributed by atoms with Gasteiger partial charge in [0.1, 0.15) is 21.9 Å². The van der Waals surface area contributed by atoms with Crippen molar-refractivity contribution < 1.29 is 22.7 Å². The van der Waals surface area contributed by atoms with E-state index in [1.165, 1.54) is 25.4 Å². The van der Waals surface area contributed by atoms with E-state index in [-0.39, 0.29) is 33.8 Å². The number of aromatic nitrogens is 3. The van der Waals surface area contributed by atoms with Gasteiger partial charge in [-0.25, -0.2) is 23.2 Å². The monoisotopic (exact) mass is 628 g/mol. The van der Waals surface area contributed by atoms with E-state index >= 15 is 0 Å². The summed E-state index contributed by atoms with van der Waals surface area (Å²) in [6.07, 6.45) is 11.5. The minimum atomic E-state index is -3.91. The zero-order valence-electron chi connectivity index (χ0n) is 24.9. The number of nitrogens with one attached hydrogen (secondary N) is 2. The van der Waals surface area contributed by atoms with Crippen LogP contribution in [0.25, 0.3) is 12.2 Å². The molecule has 13 heteroatoms. The van der Waals surface area contributed by atoms with Crippen LogP contribution in [-0.4, -0.2) is 66.2 Å². The second kappa shape index (κ2) is 13.6. The highest BCUT2D eigenvalue weighted by Crippen LogP contribution is 2.28. The van der Waals surface area contributed by atoms with Crippen molar-refractivity contribution in [2.75, 3.05) is 24.2 Å². The fourth-order valence-corrected chi connectivity index (χ4v) is 6.17. The molecule has 43 heavy (non-hydrogen) atoms. The normalized spacial score (nSPS) is 17.3. The summed E-state index contributed by atoms with van der Waals surface area (Å²) >= 11 is 6.06. The van der Waals surface area contributed by atoms with Gasteiger partial charge in [0.2, 0.25) is 5.95 Å². The zero-order valence-corrected chi connectivity index (χ0v) is 26.4. The van der Waals surface area contributed by atoms with Crippen molar-refractivity contribution in [1.29, 1.82) is 0 Å². The van der Waals surface area contributed by atoms with Gasteiger partial charge in [-0.1, -0.05) is 23.7 Å². The highest BCUT2D eigenvalue weighted by atomic mass is 35.5. The van der Waals surface area contributed by atoms with E-state index in [0.717, 1.165) is 31.2 Å². The summed E-state index contributed by atoms with van der Waals surface area (Å²) in [6, 6.07) is 8.09. The number of carbonyl (C=O) groups is 1. The molecule has 0 radical (unpaired) electrons. The summed E-state index contributed by atoms with van der Waals surface area (Å²) in [4.78, 5) is 27.3. The first kappa shape index (κ1) is 32.0. The third-order valence-electron chi connectivity index (χ3n) is 6.84. The molecule has 1 fully saturated rings. The van der Waals surface area contributed by atoms with E-state index in [1.54, 1.807) is 54.7 Å². The van der Waals surface area contributed by atoms with E-state index in [9.17, 15) is 13.2 Å². The smallest absolute Gasteiger partial charge is 0.410 e. The fraction of sp³-hybridized carbons (Fsp3) is 0.400. The number of amides is 1. The summed E-state index contributed by atoms with van der Waals surface area (Å²) in [7, 11) is -0.631. The number of halogens is 1. The molecule has 2 N–H and O–H groups in total. The molecule has 0 unspecified atom stereocenters. The summed E-state index contributed by atoms with van der Waals surface area (Å²) in [6.45, 7) is 5.60. The molecule has 0 aliphatic heterocycles. The maximum atomic E-state index is 12.8. The van der Waals surface area contributed by atoms with Crippen LogP contribution >= 0.6 is 11.6 Å². The van der Waals surface area contributed by atoms with E-state index < -0.39 is 15.6 Å².